The molecule has 132 valence electrons. The standard InChI is InChI=1S/C21H25NO3/c1-16-8-10-19(11-9-16)24-13-5-4-12-22-21(23)18-14-17-6-2-3-7-20(17)25-15-18/h2-3,6-11,18H,4-5,12-15H2,1H3,(H,22,23). The van der Waals surface area contributed by atoms with E-state index in [4.69, 9.17) is 9.47 Å². The summed E-state index contributed by atoms with van der Waals surface area (Å²) in [6, 6.07) is 16.0. The van der Waals surface area contributed by atoms with E-state index in [0.29, 0.717) is 19.8 Å². The van der Waals surface area contributed by atoms with Gasteiger partial charge in [0.1, 0.15) is 18.1 Å². The van der Waals surface area contributed by atoms with Crippen LogP contribution in [-0.2, 0) is 11.2 Å². The van der Waals surface area contributed by atoms with Gasteiger partial charge in [-0.1, -0.05) is 35.9 Å². The Balaban J connectivity index is 1.31. The van der Waals surface area contributed by atoms with Crippen LogP contribution >= 0.6 is 0 Å². The number of hydrogen-bond donors (Lipinski definition) is 1. The molecule has 2 aromatic rings. The highest BCUT2D eigenvalue weighted by molar-refractivity contribution is 5.79. The molecule has 4 heteroatoms. The van der Waals surface area contributed by atoms with Gasteiger partial charge in [-0.05, 0) is 49.9 Å². The van der Waals surface area contributed by atoms with Crippen LogP contribution in [0, 0.1) is 12.8 Å². The minimum absolute atomic E-state index is 0.0777. The molecule has 4 nitrogen and oxygen atoms in total. The number of rotatable bonds is 7. The second-order valence-corrected chi connectivity index (χ2v) is 6.48. The highest BCUT2D eigenvalue weighted by Gasteiger charge is 2.25. The lowest BCUT2D eigenvalue weighted by Gasteiger charge is -2.24. The first-order chi connectivity index (χ1) is 12.2. The van der Waals surface area contributed by atoms with Gasteiger partial charge in [0.25, 0.3) is 0 Å². The van der Waals surface area contributed by atoms with Crippen LogP contribution in [0.5, 0.6) is 11.5 Å². The molecule has 1 N–H and O–H groups in total. The van der Waals surface area contributed by atoms with Crippen LogP contribution in [0.25, 0.3) is 0 Å². The van der Waals surface area contributed by atoms with Crippen LogP contribution in [0.1, 0.15) is 24.0 Å². The minimum atomic E-state index is -0.0984. The molecule has 0 spiro atoms. The molecule has 1 aliphatic rings. The highest BCUT2D eigenvalue weighted by Crippen LogP contribution is 2.26. The Kier molecular flexibility index (Phi) is 5.94. The number of carbonyl (C=O) groups excluding carboxylic acids is 1. The van der Waals surface area contributed by atoms with Crippen molar-refractivity contribution in [2.24, 2.45) is 5.92 Å². The minimum Gasteiger partial charge on any atom is -0.494 e. The fraction of sp³-hybridized carbons (Fsp3) is 0.381. The molecule has 1 heterocycles. The summed E-state index contributed by atoms with van der Waals surface area (Å²) in [6.45, 7) is 3.86. The van der Waals surface area contributed by atoms with E-state index >= 15 is 0 Å². The van der Waals surface area contributed by atoms with Crippen LogP contribution in [-0.4, -0.2) is 25.7 Å². The van der Waals surface area contributed by atoms with Gasteiger partial charge in [-0.15, -0.1) is 0 Å². The van der Waals surface area contributed by atoms with E-state index in [2.05, 4.69) is 12.2 Å². The smallest absolute Gasteiger partial charge is 0.226 e. The van der Waals surface area contributed by atoms with Gasteiger partial charge in [0.05, 0.1) is 12.5 Å². The lowest BCUT2D eigenvalue weighted by Crippen LogP contribution is -2.37. The van der Waals surface area contributed by atoms with E-state index in [-0.39, 0.29) is 11.8 Å². The summed E-state index contributed by atoms with van der Waals surface area (Å²) >= 11 is 0. The number of unbranched alkanes of at least 4 members (excludes halogenated alkanes) is 1. The van der Waals surface area contributed by atoms with Gasteiger partial charge in [0.15, 0.2) is 0 Å². The largest absolute Gasteiger partial charge is 0.494 e. The molecule has 3 rings (SSSR count). The average Bonchev–Trinajstić information content (AvgIpc) is 2.65. The van der Waals surface area contributed by atoms with Crippen molar-refractivity contribution in [1.29, 1.82) is 0 Å². The van der Waals surface area contributed by atoms with Crippen molar-refractivity contribution in [3.63, 3.8) is 0 Å². The van der Waals surface area contributed by atoms with Crippen molar-refractivity contribution < 1.29 is 14.3 Å². The number of fused-ring (bicyclic) bond motifs is 1. The van der Waals surface area contributed by atoms with E-state index in [1.165, 1.54) is 5.56 Å². The van der Waals surface area contributed by atoms with E-state index in [1.54, 1.807) is 0 Å². The third-order valence-corrected chi connectivity index (χ3v) is 4.41. The Hall–Kier alpha value is -2.49. The number of hydrogen-bond acceptors (Lipinski definition) is 3. The Bertz CT molecular complexity index is 697. The van der Waals surface area contributed by atoms with Crippen molar-refractivity contribution in [3.8, 4) is 11.5 Å². The second kappa shape index (κ2) is 8.56. The lowest BCUT2D eigenvalue weighted by atomic mass is 9.96. The first-order valence-electron chi connectivity index (χ1n) is 8.90. The SMILES string of the molecule is Cc1ccc(OCCCCNC(=O)C2COc3ccccc3C2)cc1. The summed E-state index contributed by atoms with van der Waals surface area (Å²) in [5, 5.41) is 3.01. The second-order valence-electron chi connectivity index (χ2n) is 6.48. The van der Waals surface area contributed by atoms with Crippen LogP contribution in [0.3, 0.4) is 0 Å². The quantitative estimate of drug-likeness (QED) is 0.785. The molecule has 0 fully saturated rings. The van der Waals surface area contributed by atoms with Gasteiger partial charge in [-0.2, -0.15) is 0 Å². The lowest BCUT2D eigenvalue weighted by molar-refractivity contribution is -0.126. The highest BCUT2D eigenvalue weighted by atomic mass is 16.5. The van der Waals surface area contributed by atoms with E-state index in [1.807, 2.05) is 48.5 Å². The maximum atomic E-state index is 12.3. The Morgan fingerprint density at radius 3 is 2.80 bits per heavy atom. The van der Waals surface area contributed by atoms with Gasteiger partial charge in [0.2, 0.25) is 5.91 Å². The first kappa shape index (κ1) is 17.3. The van der Waals surface area contributed by atoms with Crippen molar-refractivity contribution in [2.75, 3.05) is 19.8 Å². The predicted octanol–water partition coefficient (Wildman–Crippen LogP) is 3.52. The number of nitrogens with one attached hydrogen (secondary N) is 1. The fourth-order valence-corrected chi connectivity index (χ4v) is 2.90. The molecule has 1 amide bonds. The Morgan fingerprint density at radius 1 is 1.16 bits per heavy atom. The number of aryl methyl sites for hydroxylation is 1. The maximum absolute atomic E-state index is 12.3. The van der Waals surface area contributed by atoms with Crippen LogP contribution < -0.4 is 14.8 Å². The monoisotopic (exact) mass is 339 g/mol. The summed E-state index contributed by atoms with van der Waals surface area (Å²) in [5.41, 5.74) is 2.34. The van der Waals surface area contributed by atoms with E-state index in [0.717, 1.165) is 36.3 Å². The van der Waals surface area contributed by atoms with Crippen molar-refractivity contribution >= 4 is 5.91 Å². The van der Waals surface area contributed by atoms with Crippen LogP contribution in [0.15, 0.2) is 48.5 Å². The Labute approximate surface area is 149 Å². The van der Waals surface area contributed by atoms with Crippen LogP contribution in [0.4, 0.5) is 0 Å². The topological polar surface area (TPSA) is 47.6 Å². The molecule has 2 aromatic carbocycles. The third kappa shape index (κ3) is 4.99. The van der Waals surface area contributed by atoms with Gasteiger partial charge >= 0.3 is 0 Å². The summed E-state index contributed by atoms with van der Waals surface area (Å²) in [4.78, 5) is 12.3. The number of ether oxygens (including phenoxy) is 2. The van der Waals surface area contributed by atoms with Gasteiger partial charge < -0.3 is 14.8 Å². The molecular formula is C21H25NO3. The van der Waals surface area contributed by atoms with Crippen LogP contribution in [0.2, 0.25) is 0 Å². The number of carbonyl (C=O) groups is 1. The third-order valence-electron chi connectivity index (χ3n) is 4.41. The number of amides is 1. The maximum Gasteiger partial charge on any atom is 0.226 e. The molecule has 0 radical (unpaired) electrons. The molecular weight excluding hydrogens is 314 g/mol. The summed E-state index contributed by atoms with van der Waals surface area (Å²) in [5.74, 6) is 1.78. The molecule has 0 aliphatic carbocycles. The zero-order valence-corrected chi connectivity index (χ0v) is 14.7. The van der Waals surface area contributed by atoms with Gasteiger partial charge in [0, 0.05) is 6.54 Å². The number of para-hydroxylation sites is 1. The van der Waals surface area contributed by atoms with E-state index < -0.39 is 0 Å². The molecule has 1 aliphatic heterocycles. The fourth-order valence-electron chi connectivity index (χ4n) is 2.90. The normalized spacial score (nSPS) is 15.8. The van der Waals surface area contributed by atoms with Crippen molar-refractivity contribution in [1.82, 2.24) is 5.32 Å². The zero-order chi connectivity index (χ0) is 17.5. The molecule has 0 saturated heterocycles. The van der Waals surface area contributed by atoms with Gasteiger partial charge in [-0.25, -0.2) is 0 Å². The Morgan fingerprint density at radius 2 is 1.96 bits per heavy atom. The molecule has 0 saturated carbocycles. The summed E-state index contributed by atoms with van der Waals surface area (Å²) < 4.78 is 11.4. The van der Waals surface area contributed by atoms with Crippen molar-refractivity contribution in [3.05, 3.63) is 59.7 Å². The van der Waals surface area contributed by atoms with Gasteiger partial charge in [-0.3, -0.25) is 4.79 Å². The summed E-state index contributed by atoms with van der Waals surface area (Å²) in [7, 11) is 0. The zero-order valence-electron chi connectivity index (χ0n) is 14.7. The molecule has 1 atom stereocenters. The van der Waals surface area contributed by atoms with E-state index in [9.17, 15) is 4.79 Å². The molecule has 0 bridgehead atoms. The first-order valence-corrected chi connectivity index (χ1v) is 8.90. The van der Waals surface area contributed by atoms with Crippen molar-refractivity contribution in [2.45, 2.75) is 26.2 Å². The average molecular weight is 339 g/mol. The molecule has 25 heavy (non-hydrogen) atoms. The molecule has 1 unspecified atom stereocenters. The number of benzene rings is 2. The summed E-state index contributed by atoms with van der Waals surface area (Å²) in [6.07, 6.45) is 2.57. The molecule has 0 aromatic heterocycles. The predicted molar refractivity (Wildman–Crippen MR) is 98.0 cm³/mol.